The quantitative estimate of drug-likeness (QED) is 0.266. The van der Waals surface area contributed by atoms with Crippen LogP contribution >= 0.6 is 67.8 Å². The summed E-state index contributed by atoms with van der Waals surface area (Å²) in [4.78, 5) is 11.9. The minimum Gasteiger partial charge on any atom is -0.424 e. The molecule has 0 aliphatic heterocycles. The van der Waals surface area contributed by atoms with Crippen molar-refractivity contribution in [2.24, 2.45) is 5.92 Å². The minimum absolute atomic E-state index is 0.0936. The molecule has 1 fully saturated rings. The average Bonchev–Trinajstić information content (AvgIpc) is 2.84. The van der Waals surface area contributed by atoms with E-state index in [-0.39, 0.29) is 5.97 Å². The van der Waals surface area contributed by atoms with Crippen LogP contribution in [0.3, 0.4) is 0 Å². The van der Waals surface area contributed by atoms with Gasteiger partial charge in [-0.05, 0) is 92.2 Å². The molecule has 104 valence electrons. The number of hydrogen-bond donors (Lipinski definition) is 0. The molecule has 0 spiro atoms. The zero-order valence-corrected chi connectivity index (χ0v) is 16.9. The van der Waals surface area contributed by atoms with Gasteiger partial charge in [0.25, 0.3) is 0 Å². The van der Waals surface area contributed by atoms with Crippen molar-refractivity contribution in [2.75, 3.05) is 0 Å². The van der Waals surface area contributed by atoms with Crippen LogP contribution in [-0.4, -0.2) is 5.97 Å². The second-order valence-electron chi connectivity index (χ2n) is 4.86. The van der Waals surface area contributed by atoms with Crippen LogP contribution in [0.2, 0.25) is 0 Å². The Morgan fingerprint density at radius 1 is 1.16 bits per heavy atom. The molecular weight excluding hydrogens is 581 g/mol. The van der Waals surface area contributed by atoms with Crippen LogP contribution in [0.25, 0.3) is 0 Å². The van der Waals surface area contributed by atoms with Gasteiger partial charge in [0, 0.05) is 9.99 Å². The Bertz CT molecular complexity index is 445. The monoisotopic (exact) mass is 596 g/mol. The van der Waals surface area contributed by atoms with Gasteiger partial charge in [0.15, 0.2) is 5.75 Å². The molecule has 0 unspecified atom stereocenters. The van der Waals surface area contributed by atoms with Gasteiger partial charge in [0.05, 0.1) is 7.14 Å². The van der Waals surface area contributed by atoms with Gasteiger partial charge in [-0.15, -0.1) is 0 Å². The number of esters is 1. The van der Waals surface area contributed by atoms with Crippen molar-refractivity contribution in [3.63, 3.8) is 0 Å². The highest BCUT2D eigenvalue weighted by molar-refractivity contribution is 14.1. The second-order valence-corrected chi connectivity index (χ2v) is 8.43. The normalized spacial score (nSPS) is 15.7. The molecule has 1 aromatic carbocycles. The fraction of sp³-hybridized carbons (Fsp3) is 0.500. The van der Waals surface area contributed by atoms with Crippen LogP contribution in [0.15, 0.2) is 12.1 Å². The third kappa shape index (κ3) is 4.98. The number of halogens is 3. The van der Waals surface area contributed by atoms with E-state index in [9.17, 15) is 4.79 Å². The van der Waals surface area contributed by atoms with Crippen molar-refractivity contribution in [3.05, 3.63) is 22.8 Å². The fourth-order valence-corrected chi connectivity index (χ4v) is 6.22. The molecule has 19 heavy (non-hydrogen) atoms. The Balaban J connectivity index is 1.91. The zero-order chi connectivity index (χ0) is 13.8. The summed E-state index contributed by atoms with van der Waals surface area (Å²) in [5.74, 6) is 1.37. The maximum absolute atomic E-state index is 11.9. The average molecular weight is 596 g/mol. The Morgan fingerprint density at radius 2 is 1.74 bits per heavy atom. The molecule has 5 heteroatoms. The predicted octanol–water partition coefficient (Wildman–Crippen LogP) is 5.38. The van der Waals surface area contributed by atoms with Gasteiger partial charge >= 0.3 is 5.97 Å². The Hall–Kier alpha value is 0.880. The molecule has 0 aromatic heterocycles. The molecule has 1 aromatic rings. The fourth-order valence-electron chi connectivity index (χ4n) is 2.41. The molecule has 0 radical (unpaired) electrons. The standard InChI is InChI=1S/C14H15I3O2/c15-10-7-11(16)14(12(17)8-10)19-13(18)6-5-9-3-1-2-4-9/h7-9H,1-6H2. The molecule has 0 N–H and O–H groups in total. The molecule has 1 saturated carbocycles. The van der Waals surface area contributed by atoms with Crippen LogP contribution in [0.1, 0.15) is 38.5 Å². The van der Waals surface area contributed by atoms with E-state index in [1.807, 2.05) is 12.1 Å². The molecule has 2 nitrogen and oxygen atoms in total. The van der Waals surface area contributed by atoms with E-state index in [4.69, 9.17) is 4.74 Å². The van der Waals surface area contributed by atoms with Crippen molar-refractivity contribution in [1.29, 1.82) is 0 Å². The van der Waals surface area contributed by atoms with Crippen molar-refractivity contribution in [1.82, 2.24) is 0 Å². The molecule has 1 aliphatic carbocycles. The van der Waals surface area contributed by atoms with E-state index in [1.54, 1.807) is 0 Å². The van der Waals surface area contributed by atoms with Crippen molar-refractivity contribution in [2.45, 2.75) is 38.5 Å². The molecule has 1 aliphatic rings. The van der Waals surface area contributed by atoms with E-state index in [0.29, 0.717) is 6.42 Å². The first-order chi connectivity index (χ1) is 9.06. The first-order valence-corrected chi connectivity index (χ1v) is 9.65. The number of benzene rings is 1. The third-order valence-corrected chi connectivity index (χ3v) is 5.64. The van der Waals surface area contributed by atoms with Gasteiger partial charge < -0.3 is 4.74 Å². The molecule has 0 saturated heterocycles. The lowest BCUT2D eigenvalue weighted by atomic mass is 10.0. The molecule has 0 atom stereocenters. The van der Waals surface area contributed by atoms with Crippen LogP contribution in [0, 0.1) is 16.6 Å². The maximum atomic E-state index is 11.9. The maximum Gasteiger partial charge on any atom is 0.311 e. The number of carbonyl (C=O) groups is 1. The van der Waals surface area contributed by atoms with E-state index in [1.165, 1.54) is 25.7 Å². The summed E-state index contributed by atoms with van der Waals surface area (Å²) in [7, 11) is 0. The largest absolute Gasteiger partial charge is 0.424 e. The van der Waals surface area contributed by atoms with Gasteiger partial charge in [-0.3, -0.25) is 4.79 Å². The summed E-state index contributed by atoms with van der Waals surface area (Å²) in [6, 6.07) is 4.06. The van der Waals surface area contributed by atoms with Gasteiger partial charge in [-0.25, -0.2) is 0 Å². The lowest BCUT2D eigenvalue weighted by Gasteiger charge is -2.11. The smallest absolute Gasteiger partial charge is 0.311 e. The van der Waals surface area contributed by atoms with E-state index in [2.05, 4.69) is 67.8 Å². The minimum atomic E-state index is -0.0936. The summed E-state index contributed by atoms with van der Waals surface area (Å²) in [6.07, 6.45) is 6.75. The molecule has 2 rings (SSSR count). The molecule has 0 bridgehead atoms. The van der Waals surface area contributed by atoms with Crippen molar-refractivity contribution >= 4 is 73.7 Å². The van der Waals surface area contributed by atoms with Crippen molar-refractivity contribution < 1.29 is 9.53 Å². The zero-order valence-electron chi connectivity index (χ0n) is 10.4. The highest BCUT2D eigenvalue weighted by atomic mass is 127. The number of carbonyl (C=O) groups excluding carboxylic acids is 1. The SMILES string of the molecule is O=C(CCC1CCCC1)Oc1c(I)cc(I)cc1I. The van der Waals surface area contributed by atoms with Crippen LogP contribution in [0.5, 0.6) is 5.75 Å². The molecule has 0 amide bonds. The summed E-state index contributed by atoms with van der Waals surface area (Å²) >= 11 is 6.72. The highest BCUT2D eigenvalue weighted by Crippen LogP contribution is 2.31. The van der Waals surface area contributed by atoms with E-state index < -0.39 is 0 Å². The van der Waals surface area contributed by atoms with Crippen molar-refractivity contribution in [3.8, 4) is 5.75 Å². The third-order valence-electron chi connectivity index (χ3n) is 3.41. The lowest BCUT2D eigenvalue weighted by Crippen LogP contribution is -2.11. The predicted molar refractivity (Wildman–Crippen MR) is 101 cm³/mol. The summed E-state index contributed by atoms with van der Waals surface area (Å²) in [5, 5.41) is 0. The van der Waals surface area contributed by atoms with Gasteiger partial charge in [-0.1, -0.05) is 25.7 Å². The van der Waals surface area contributed by atoms with Gasteiger partial charge in [-0.2, -0.15) is 0 Å². The molecule has 0 heterocycles. The number of rotatable bonds is 4. The Labute approximate surface area is 154 Å². The van der Waals surface area contributed by atoms with E-state index in [0.717, 1.165) is 28.8 Å². The highest BCUT2D eigenvalue weighted by Gasteiger charge is 2.18. The van der Waals surface area contributed by atoms with Crippen LogP contribution in [-0.2, 0) is 4.79 Å². The Morgan fingerprint density at radius 3 is 2.32 bits per heavy atom. The van der Waals surface area contributed by atoms with Gasteiger partial charge in [0.2, 0.25) is 0 Å². The summed E-state index contributed by atoms with van der Waals surface area (Å²) in [6.45, 7) is 0. The van der Waals surface area contributed by atoms with E-state index >= 15 is 0 Å². The molecular formula is C14H15I3O2. The number of hydrogen-bond acceptors (Lipinski definition) is 2. The second kappa shape index (κ2) is 7.77. The topological polar surface area (TPSA) is 26.3 Å². The van der Waals surface area contributed by atoms with Crippen LogP contribution in [0.4, 0.5) is 0 Å². The summed E-state index contributed by atoms with van der Waals surface area (Å²) in [5.41, 5.74) is 0. The van der Waals surface area contributed by atoms with Gasteiger partial charge in [0.1, 0.15) is 0 Å². The lowest BCUT2D eigenvalue weighted by molar-refractivity contribution is -0.134. The first kappa shape index (κ1) is 16.3. The Kier molecular flexibility index (Phi) is 6.64. The first-order valence-electron chi connectivity index (χ1n) is 6.41. The number of ether oxygens (including phenoxy) is 1. The summed E-state index contributed by atoms with van der Waals surface area (Å²) < 4.78 is 8.70. The van der Waals surface area contributed by atoms with Crippen LogP contribution < -0.4 is 4.74 Å².